The molecule has 1 aromatic rings. The van der Waals surface area contributed by atoms with Crippen molar-refractivity contribution in [2.24, 2.45) is 5.73 Å². The SMILES string of the molecule is NC(Cc1ccc(O)cc1)C(=O)OC1CCCCCC1. The zero-order valence-electron chi connectivity index (χ0n) is 11.8. The summed E-state index contributed by atoms with van der Waals surface area (Å²) in [6, 6.07) is 6.10. The first kappa shape index (κ1) is 14.9. The van der Waals surface area contributed by atoms with Gasteiger partial charge in [0.05, 0.1) is 0 Å². The Bertz CT molecular complexity index is 422. The van der Waals surface area contributed by atoms with Crippen molar-refractivity contribution in [3.63, 3.8) is 0 Å². The fourth-order valence-corrected chi connectivity index (χ4v) is 2.58. The van der Waals surface area contributed by atoms with E-state index in [1.165, 1.54) is 12.8 Å². The molecular weight excluding hydrogens is 254 g/mol. The zero-order valence-corrected chi connectivity index (χ0v) is 11.8. The van der Waals surface area contributed by atoms with Crippen LogP contribution in [-0.4, -0.2) is 23.2 Å². The average molecular weight is 277 g/mol. The Kier molecular flexibility index (Phi) is 5.41. The van der Waals surface area contributed by atoms with Crippen LogP contribution in [0.25, 0.3) is 0 Å². The van der Waals surface area contributed by atoms with Gasteiger partial charge in [-0.2, -0.15) is 0 Å². The standard InChI is InChI=1S/C16H23NO3/c17-15(11-12-7-9-13(18)10-8-12)16(19)20-14-5-3-1-2-4-6-14/h7-10,14-15,18H,1-6,11,17H2. The third-order valence-electron chi connectivity index (χ3n) is 3.78. The lowest BCUT2D eigenvalue weighted by Gasteiger charge is -2.18. The van der Waals surface area contributed by atoms with Gasteiger partial charge in [-0.15, -0.1) is 0 Å². The van der Waals surface area contributed by atoms with Crippen molar-refractivity contribution in [1.82, 2.24) is 0 Å². The van der Waals surface area contributed by atoms with Crippen LogP contribution in [0.1, 0.15) is 44.1 Å². The van der Waals surface area contributed by atoms with Gasteiger partial charge in [0, 0.05) is 0 Å². The summed E-state index contributed by atoms with van der Waals surface area (Å²) in [5.74, 6) is -0.103. The van der Waals surface area contributed by atoms with Gasteiger partial charge in [0.1, 0.15) is 17.9 Å². The highest BCUT2D eigenvalue weighted by atomic mass is 16.5. The van der Waals surface area contributed by atoms with E-state index in [-0.39, 0.29) is 17.8 Å². The Labute approximate surface area is 119 Å². The van der Waals surface area contributed by atoms with Crippen molar-refractivity contribution in [2.75, 3.05) is 0 Å². The highest BCUT2D eigenvalue weighted by Gasteiger charge is 2.21. The third-order valence-corrected chi connectivity index (χ3v) is 3.78. The van der Waals surface area contributed by atoms with Gasteiger partial charge in [-0.1, -0.05) is 25.0 Å². The highest BCUT2D eigenvalue weighted by Crippen LogP contribution is 2.20. The number of aromatic hydroxyl groups is 1. The number of carbonyl (C=O) groups excluding carboxylic acids is 1. The minimum Gasteiger partial charge on any atom is -0.508 e. The lowest BCUT2D eigenvalue weighted by molar-refractivity contribution is -0.151. The second-order valence-electron chi connectivity index (χ2n) is 5.53. The molecule has 1 aliphatic carbocycles. The van der Waals surface area contributed by atoms with Crippen molar-refractivity contribution in [3.8, 4) is 5.75 Å². The maximum Gasteiger partial charge on any atom is 0.323 e. The van der Waals surface area contributed by atoms with E-state index in [1.807, 2.05) is 0 Å². The summed E-state index contributed by atoms with van der Waals surface area (Å²) in [6.07, 6.45) is 7.11. The van der Waals surface area contributed by atoms with Crippen LogP contribution >= 0.6 is 0 Å². The first-order valence-corrected chi connectivity index (χ1v) is 7.39. The molecular formula is C16H23NO3. The molecule has 0 radical (unpaired) electrons. The van der Waals surface area contributed by atoms with Crippen LogP contribution in [0.2, 0.25) is 0 Å². The third kappa shape index (κ3) is 4.53. The molecule has 0 bridgehead atoms. The molecule has 1 unspecified atom stereocenters. The maximum absolute atomic E-state index is 12.0. The Hall–Kier alpha value is -1.55. The smallest absolute Gasteiger partial charge is 0.323 e. The molecule has 4 heteroatoms. The summed E-state index contributed by atoms with van der Waals surface area (Å²) in [5, 5.41) is 9.22. The van der Waals surface area contributed by atoms with Crippen LogP contribution in [0.15, 0.2) is 24.3 Å². The number of rotatable bonds is 4. The van der Waals surface area contributed by atoms with Crippen LogP contribution in [0.3, 0.4) is 0 Å². The van der Waals surface area contributed by atoms with Gasteiger partial charge in [-0.05, 0) is 49.8 Å². The van der Waals surface area contributed by atoms with E-state index >= 15 is 0 Å². The van der Waals surface area contributed by atoms with Gasteiger partial charge in [0.25, 0.3) is 0 Å². The fraction of sp³-hybridized carbons (Fsp3) is 0.562. The predicted molar refractivity (Wildman–Crippen MR) is 77.4 cm³/mol. The van der Waals surface area contributed by atoms with Crippen LogP contribution < -0.4 is 5.73 Å². The molecule has 1 saturated carbocycles. The number of ether oxygens (including phenoxy) is 1. The number of carbonyl (C=O) groups is 1. The zero-order chi connectivity index (χ0) is 14.4. The number of esters is 1. The summed E-state index contributed by atoms with van der Waals surface area (Å²) in [4.78, 5) is 12.0. The molecule has 1 aliphatic rings. The normalized spacial score (nSPS) is 18.2. The van der Waals surface area contributed by atoms with Gasteiger partial charge in [-0.3, -0.25) is 4.79 Å². The fourth-order valence-electron chi connectivity index (χ4n) is 2.58. The van der Waals surface area contributed by atoms with Crippen molar-refractivity contribution in [1.29, 1.82) is 0 Å². The van der Waals surface area contributed by atoms with Crippen molar-refractivity contribution in [2.45, 2.75) is 57.1 Å². The van der Waals surface area contributed by atoms with E-state index in [2.05, 4.69) is 0 Å². The maximum atomic E-state index is 12.0. The lowest BCUT2D eigenvalue weighted by atomic mass is 10.1. The predicted octanol–water partition coefficient (Wildman–Crippen LogP) is 2.53. The summed E-state index contributed by atoms with van der Waals surface area (Å²) in [5.41, 5.74) is 6.83. The molecule has 2 rings (SSSR count). The van der Waals surface area contributed by atoms with Crippen molar-refractivity contribution >= 4 is 5.97 Å². The molecule has 0 amide bonds. The van der Waals surface area contributed by atoms with E-state index < -0.39 is 6.04 Å². The highest BCUT2D eigenvalue weighted by molar-refractivity contribution is 5.76. The second kappa shape index (κ2) is 7.29. The molecule has 0 heterocycles. The number of benzene rings is 1. The molecule has 1 aromatic carbocycles. The van der Waals surface area contributed by atoms with Crippen LogP contribution in [-0.2, 0) is 16.0 Å². The Morgan fingerprint density at radius 1 is 1.20 bits per heavy atom. The molecule has 1 atom stereocenters. The molecule has 0 aliphatic heterocycles. The van der Waals surface area contributed by atoms with Gasteiger partial charge < -0.3 is 15.6 Å². The monoisotopic (exact) mass is 277 g/mol. The van der Waals surface area contributed by atoms with Crippen LogP contribution in [0.4, 0.5) is 0 Å². The molecule has 0 spiro atoms. The average Bonchev–Trinajstić information content (AvgIpc) is 2.70. The first-order valence-electron chi connectivity index (χ1n) is 7.39. The van der Waals surface area contributed by atoms with E-state index in [1.54, 1.807) is 24.3 Å². The summed E-state index contributed by atoms with van der Waals surface area (Å²) in [6.45, 7) is 0. The quantitative estimate of drug-likeness (QED) is 0.655. The Balaban J connectivity index is 1.83. The van der Waals surface area contributed by atoms with E-state index in [0.29, 0.717) is 6.42 Å². The van der Waals surface area contributed by atoms with E-state index in [9.17, 15) is 9.90 Å². The van der Waals surface area contributed by atoms with Gasteiger partial charge in [0.15, 0.2) is 0 Å². The molecule has 3 N–H and O–H groups in total. The summed E-state index contributed by atoms with van der Waals surface area (Å²) < 4.78 is 5.52. The largest absolute Gasteiger partial charge is 0.508 e. The molecule has 1 fully saturated rings. The number of nitrogens with two attached hydrogens (primary N) is 1. The van der Waals surface area contributed by atoms with E-state index in [4.69, 9.17) is 10.5 Å². The number of phenolic OH excluding ortho intramolecular Hbond substituents is 1. The van der Waals surface area contributed by atoms with Gasteiger partial charge >= 0.3 is 5.97 Å². The van der Waals surface area contributed by atoms with Gasteiger partial charge in [-0.25, -0.2) is 0 Å². The van der Waals surface area contributed by atoms with Crippen LogP contribution in [0.5, 0.6) is 5.75 Å². The molecule has 4 nitrogen and oxygen atoms in total. The number of phenols is 1. The molecule has 20 heavy (non-hydrogen) atoms. The second-order valence-corrected chi connectivity index (χ2v) is 5.53. The minimum absolute atomic E-state index is 0.0378. The number of hydrogen-bond donors (Lipinski definition) is 2. The van der Waals surface area contributed by atoms with Crippen molar-refractivity contribution in [3.05, 3.63) is 29.8 Å². The van der Waals surface area contributed by atoms with Gasteiger partial charge in [0.2, 0.25) is 0 Å². The molecule has 0 aromatic heterocycles. The summed E-state index contributed by atoms with van der Waals surface area (Å²) >= 11 is 0. The first-order chi connectivity index (χ1) is 9.65. The Morgan fingerprint density at radius 3 is 2.40 bits per heavy atom. The lowest BCUT2D eigenvalue weighted by Crippen LogP contribution is -2.36. The van der Waals surface area contributed by atoms with Crippen LogP contribution in [0, 0.1) is 0 Å². The number of hydrogen-bond acceptors (Lipinski definition) is 4. The van der Waals surface area contributed by atoms with Crippen molar-refractivity contribution < 1.29 is 14.6 Å². The van der Waals surface area contributed by atoms with E-state index in [0.717, 1.165) is 31.2 Å². The summed E-state index contributed by atoms with van der Waals surface area (Å²) in [7, 11) is 0. The Morgan fingerprint density at radius 2 is 1.80 bits per heavy atom. The minimum atomic E-state index is -0.636. The molecule has 0 saturated heterocycles. The molecule has 110 valence electrons. The topological polar surface area (TPSA) is 72.5 Å².